The summed E-state index contributed by atoms with van der Waals surface area (Å²) < 4.78 is 0. The monoisotopic (exact) mass is 225 g/mol. The van der Waals surface area contributed by atoms with Crippen LogP contribution in [0.3, 0.4) is 0 Å². The maximum atomic E-state index is 11.7. The molecule has 6 nitrogen and oxygen atoms in total. The van der Waals surface area contributed by atoms with Crippen LogP contribution in [-0.4, -0.2) is 15.9 Å². The van der Waals surface area contributed by atoms with Crippen molar-refractivity contribution in [2.24, 2.45) is 5.92 Å². The first-order valence-corrected chi connectivity index (χ1v) is 5.21. The first-order valence-electron chi connectivity index (χ1n) is 5.21. The Morgan fingerprint density at radius 1 is 1.31 bits per heavy atom. The Morgan fingerprint density at radius 2 is 1.94 bits per heavy atom. The second-order valence-corrected chi connectivity index (χ2v) is 3.50. The molecule has 0 aromatic carbocycles. The smallest absolute Gasteiger partial charge is 0.312 e. The highest BCUT2D eigenvalue weighted by Gasteiger charge is 2.14. The minimum absolute atomic E-state index is 0.109. The molecule has 1 aromatic heterocycles. The molecule has 88 valence electrons. The molecule has 0 atom stereocenters. The molecule has 1 amide bonds. The minimum atomic E-state index is -0.632. The molecule has 3 N–H and O–H groups in total. The van der Waals surface area contributed by atoms with E-state index in [4.69, 9.17) is 0 Å². The number of aromatic nitrogens is 2. The summed E-state index contributed by atoms with van der Waals surface area (Å²) in [5.41, 5.74) is -1.17. The van der Waals surface area contributed by atoms with Gasteiger partial charge in [-0.2, -0.15) is 0 Å². The van der Waals surface area contributed by atoms with Crippen LogP contribution in [0.25, 0.3) is 0 Å². The van der Waals surface area contributed by atoms with E-state index in [9.17, 15) is 14.4 Å². The number of hydrogen-bond donors (Lipinski definition) is 3. The maximum absolute atomic E-state index is 11.7. The summed E-state index contributed by atoms with van der Waals surface area (Å²) in [4.78, 5) is 37.9. The number of carbonyl (C=O) groups is 1. The lowest BCUT2D eigenvalue weighted by Crippen LogP contribution is -2.27. The van der Waals surface area contributed by atoms with E-state index in [2.05, 4.69) is 10.3 Å². The molecule has 0 spiro atoms. The standard InChI is InChI=1S/C10H15N3O3/c1-3-6(4-2)9(15)11-7-5-8(14)13-10(16)12-7/h5-6H,3-4H2,1-2H3,(H3,11,12,13,14,15,16). The molecule has 0 aliphatic rings. The van der Waals surface area contributed by atoms with Gasteiger partial charge >= 0.3 is 5.69 Å². The summed E-state index contributed by atoms with van der Waals surface area (Å²) >= 11 is 0. The van der Waals surface area contributed by atoms with E-state index >= 15 is 0 Å². The van der Waals surface area contributed by atoms with Crippen molar-refractivity contribution in [3.8, 4) is 0 Å². The average Bonchev–Trinajstić information content (AvgIpc) is 2.17. The molecule has 0 aliphatic heterocycles. The van der Waals surface area contributed by atoms with Crippen LogP contribution in [0.15, 0.2) is 15.7 Å². The van der Waals surface area contributed by atoms with Gasteiger partial charge in [-0.05, 0) is 12.8 Å². The zero-order valence-electron chi connectivity index (χ0n) is 9.29. The van der Waals surface area contributed by atoms with Crippen molar-refractivity contribution in [2.45, 2.75) is 26.7 Å². The van der Waals surface area contributed by atoms with E-state index in [0.717, 1.165) is 18.9 Å². The quantitative estimate of drug-likeness (QED) is 0.693. The number of nitrogens with one attached hydrogen (secondary N) is 3. The molecular weight excluding hydrogens is 210 g/mol. The van der Waals surface area contributed by atoms with Crippen LogP contribution in [0.2, 0.25) is 0 Å². The lowest BCUT2D eigenvalue weighted by atomic mass is 10.0. The van der Waals surface area contributed by atoms with Gasteiger partial charge < -0.3 is 5.32 Å². The van der Waals surface area contributed by atoms with Crippen LogP contribution in [0.4, 0.5) is 5.82 Å². The van der Waals surface area contributed by atoms with Gasteiger partial charge in [0, 0.05) is 12.0 Å². The number of amides is 1. The fourth-order valence-corrected chi connectivity index (χ4v) is 1.43. The molecule has 0 radical (unpaired) electrons. The zero-order valence-corrected chi connectivity index (χ0v) is 9.29. The van der Waals surface area contributed by atoms with E-state index in [1.165, 1.54) is 0 Å². The first-order chi connectivity index (χ1) is 7.56. The van der Waals surface area contributed by atoms with Crippen molar-refractivity contribution in [2.75, 3.05) is 5.32 Å². The van der Waals surface area contributed by atoms with Gasteiger partial charge in [-0.25, -0.2) is 4.79 Å². The van der Waals surface area contributed by atoms with E-state index in [1.807, 2.05) is 18.8 Å². The third-order valence-corrected chi connectivity index (χ3v) is 2.37. The van der Waals surface area contributed by atoms with E-state index in [1.54, 1.807) is 0 Å². The summed E-state index contributed by atoms with van der Waals surface area (Å²) in [5.74, 6) is -0.167. The fraction of sp³-hybridized carbons (Fsp3) is 0.500. The van der Waals surface area contributed by atoms with Gasteiger partial charge in [0.1, 0.15) is 5.82 Å². The van der Waals surface area contributed by atoms with Crippen molar-refractivity contribution in [3.63, 3.8) is 0 Å². The highest BCUT2D eigenvalue weighted by molar-refractivity contribution is 5.91. The Labute approximate surface area is 92.1 Å². The molecule has 0 saturated carbocycles. The molecular formula is C10H15N3O3. The van der Waals surface area contributed by atoms with Crippen molar-refractivity contribution in [1.82, 2.24) is 9.97 Å². The molecule has 0 saturated heterocycles. The third kappa shape index (κ3) is 3.08. The second kappa shape index (κ2) is 5.29. The van der Waals surface area contributed by atoms with Crippen LogP contribution >= 0.6 is 0 Å². The van der Waals surface area contributed by atoms with E-state index in [0.29, 0.717) is 0 Å². The molecule has 0 unspecified atom stereocenters. The van der Waals surface area contributed by atoms with Gasteiger partial charge in [0.15, 0.2) is 0 Å². The molecule has 1 rings (SSSR count). The molecule has 0 aliphatic carbocycles. The highest BCUT2D eigenvalue weighted by atomic mass is 16.2. The maximum Gasteiger partial charge on any atom is 0.327 e. The zero-order chi connectivity index (χ0) is 12.1. The van der Waals surface area contributed by atoms with Gasteiger partial charge in [0.05, 0.1) is 0 Å². The predicted octanol–water partition coefficient (Wildman–Crippen LogP) is 0.438. The SMILES string of the molecule is CCC(CC)C(=O)Nc1cc(=O)[nH]c(=O)[nH]1. The van der Waals surface area contributed by atoms with Crippen molar-refractivity contribution >= 4 is 11.7 Å². The Balaban J connectivity index is 2.84. The van der Waals surface area contributed by atoms with E-state index < -0.39 is 11.2 Å². The molecule has 16 heavy (non-hydrogen) atoms. The van der Waals surface area contributed by atoms with Crippen molar-refractivity contribution in [1.29, 1.82) is 0 Å². The van der Waals surface area contributed by atoms with Gasteiger partial charge in [0.2, 0.25) is 5.91 Å². The summed E-state index contributed by atoms with van der Waals surface area (Å²) in [7, 11) is 0. The van der Waals surface area contributed by atoms with Gasteiger partial charge in [-0.1, -0.05) is 13.8 Å². The molecule has 0 fully saturated rings. The third-order valence-electron chi connectivity index (χ3n) is 2.37. The van der Waals surface area contributed by atoms with Crippen molar-refractivity contribution in [3.05, 3.63) is 26.9 Å². The minimum Gasteiger partial charge on any atom is -0.312 e. The van der Waals surface area contributed by atoms with Gasteiger partial charge in [-0.15, -0.1) is 0 Å². The fourth-order valence-electron chi connectivity index (χ4n) is 1.43. The molecule has 6 heteroatoms. The summed E-state index contributed by atoms with van der Waals surface area (Å²) in [6.45, 7) is 3.82. The molecule has 1 aromatic rings. The number of H-pyrrole nitrogens is 2. The topological polar surface area (TPSA) is 94.8 Å². The van der Waals surface area contributed by atoms with E-state index in [-0.39, 0.29) is 17.6 Å². The summed E-state index contributed by atoms with van der Waals surface area (Å²) in [5, 5.41) is 2.51. The van der Waals surface area contributed by atoms with Crippen LogP contribution < -0.4 is 16.6 Å². The number of carbonyl (C=O) groups excluding carboxylic acids is 1. The largest absolute Gasteiger partial charge is 0.327 e. The second-order valence-electron chi connectivity index (χ2n) is 3.50. The number of aromatic amines is 2. The highest BCUT2D eigenvalue weighted by Crippen LogP contribution is 2.09. The normalized spacial score (nSPS) is 10.4. The lowest BCUT2D eigenvalue weighted by molar-refractivity contribution is -0.120. The number of rotatable bonds is 4. The van der Waals surface area contributed by atoms with Gasteiger partial charge in [-0.3, -0.25) is 19.6 Å². The number of anilines is 1. The Kier molecular flexibility index (Phi) is 4.04. The van der Waals surface area contributed by atoms with Crippen LogP contribution in [-0.2, 0) is 4.79 Å². The molecule has 1 heterocycles. The Bertz CT molecular complexity index is 442. The Morgan fingerprint density at radius 3 is 2.44 bits per heavy atom. The molecule has 0 bridgehead atoms. The average molecular weight is 225 g/mol. The van der Waals surface area contributed by atoms with Crippen LogP contribution in [0.5, 0.6) is 0 Å². The summed E-state index contributed by atoms with van der Waals surface area (Å²) in [6.07, 6.45) is 1.44. The van der Waals surface area contributed by atoms with Gasteiger partial charge in [0.25, 0.3) is 5.56 Å². The predicted molar refractivity (Wildman–Crippen MR) is 60.4 cm³/mol. The van der Waals surface area contributed by atoms with Crippen LogP contribution in [0, 0.1) is 5.92 Å². The lowest BCUT2D eigenvalue weighted by Gasteiger charge is -2.11. The first kappa shape index (κ1) is 12.2. The van der Waals surface area contributed by atoms with Crippen LogP contribution in [0.1, 0.15) is 26.7 Å². The number of hydrogen-bond acceptors (Lipinski definition) is 3. The summed E-state index contributed by atoms with van der Waals surface area (Å²) in [6, 6.07) is 1.14. The van der Waals surface area contributed by atoms with Crippen molar-refractivity contribution < 1.29 is 4.79 Å². The Hall–Kier alpha value is -1.85.